The molecule has 1 aliphatic rings. The van der Waals surface area contributed by atoms with Gasteiger partial charge in [-0.2, -0.15) is 5.10 Å². The summed E-state index contributed by atoms with van der Waals surface area (Å²) in [5, 5.41) is 8.24. The maximum atomic E-state index is 4.77. The van der Waals surface area contributed by atoms with E-state index in [0.29, 0.717) is 6.04 Å². The summed E-state index contributed by atoms with van der Waals surface area (Å²) in [6.07, 6.45) is 4.79. The largest absolute Gasteiger partial charge is 0.317 e. The quantitative estimate of drug-likeness (QED) is 0.821. The van der Waals surface area contributed by atoms with Gasteiger partial charge in [-0.05, 0) is 50.8 Å². The summed E-state index contributed by atoms with van der Waals surface area (Å²) >= 11 is 0. The molecule has 1 fully saturated rings. The van der Waals surface area contributed by atoms with Crippen LogP contribution in [0, 0.1) is 5.92 Å². The summed E-state index contributed by atoms with van der Waals surface area (Å²) in [6.45, 7) is 8.80. The lowest BCUT2D eigenvalue weighted by Crippen LogP contribution is -2.37. The fourth-order valence-electron chi connectivity index (χ4n) is 2.66. The van der Waals surface area contributed by atoms with Crippen LogP contribution in [0.3, 0.4) is 0 Å². The molecule has 0 aromatic carbocycles. The Kier molecular flexibility index (Phi) is 4.21. The molecule has 0 spiro atoms. The van der Waals surface area contributed by atoms with Gasteiger partial charge in [0.25, 0.3) is 0 Å². The van der Waals surface area contributed by atoms with Crippen LogP contribution in [0.25, 0.3) is 0 Å². The highest BCUT2D eigenvalue weighted by Crippen LogP contribution is 2.38. The molecular formula is C14H25N3. The molecule has 2 unspecified atom stereocenters. The molecule has 96 valence electrons. The van der Waals surface area contributed by atoms with Crippen molar-refractivity contribution in [2.24, 2.45) is 5.92 Å². The normalized spacial score (nSPS) is 23.7. The highest BCUT2D eigenvalue weighted by molar-refractivity contribution is 5.12. The highest BCUT2D eigenvalue weighted by Gasteiger charge is 2.33. The number of nitrogens with zero attached hydrogens (tertiary/aromatic N) is 2. The van der Waals surface area contributed by atoms with Crippen LogP contribution in [0.5, 0.6) is 0 Å². The lowest BCUT2D eigenvalue weighted by Gasteiger charge is -2.37. The van der Waals surface area contributed by atoms with Gasteiger partial charge in [0.05, 0.1) is 11.7 Å². The number of aromatic nitrogens is 2. The van der Waals surface area contributed by atoms with Gasteiger partial charge in [0.15, 0.2) is 0 Å². The monoisotopic (exact) mass is 235 g/mol. The third-order valence-electron chi connectivity index (χ3n) is 3.94. The van der Waals surface area contributed by atoms with Gasteiger partial charge >= 0.3 is 0 Å². The molecule has 1 heterocycles. The first-order valence-electron chi connectivity index (χ1n) is 7.08. The Morgan fingerprint density at radius 2 is 2.12 bits per heavy atom. The Labute approximate surface area is 105 Å². The molecule has 17 heavy (non-hydrogen) atoms. The lowest BCUT2D eigenvalue weighted by atomic mass is 9.79. The van der Waals surface area contributed by atoms with Gasteiger partial charge in [0.2, 0.25) is 0 Å². The maximum Gasteiger partial charge on any atom is 0.0624 e. The average Bonchev–Trinajstić information content (AvgIpc) is 2.71. The molecule has 3 heteroatoms. The van der Waals surface area contributed by atoms with Crippen molar-refractivity contribution in [3.05, 3.63) is 17.5 Å². The summed E-state index contributed by atoms with van der Waals surface area (Å²) in [7, 11) is 0. The molecule has 1 aliphatic carbocycles. The van der Waals surface area contributed by atoms with E-state index in [-0.39, 0.29) is 0 Å². The van der Waals surface area contributed by atoms with Crippen molar-refractivity contribution >= 4 is 0 Å². The molecule has 0 bridgehead atoms. The second kappa shape index (κ2) is 5.67. The Morgan fingerprint density at radius 3 is 2.65 bits per heavy atom. The zero-order chi connectivity index (χ0) is 12.3. The molecule has 1 N–H and O–H groups in total. The van der Waals surface area contributed by atoms with Crippen LogP contribution in [-0.2, 0) is 12.8 Å². The second-order valence-corrected chi connectivity index (χ2v) is 4.99. The van der Waals surface area contributed by atoms with Crippen LogP contribution in [0.4, 0.5) is 0 Å². The Hall–Kier alpha value is -0.830. The van der Waals surface area contributed by atoms with Crippen molar-refractivity contribution in [1.29, 1.82) is 0 Å². The molecule has 1 aromatic heterocycles. The van der Waals surface area contributed by atoms with Crippen LogP contribution in [0.2, 0.25) is 0 Å². The van der Waals surface area contributed by atoms with Gasteiger partial charge in [-0.1, -0.05) is 20.8 Å². The van der Waals surface area contributed by atoms with Gasteiger partial charge in [0, 0.05) is 5.69 Å². The van der Waals surface area contributed by atoms with Crippen molar-refractivity contribution in [3.8, 4) is 0 Å². The van der Waals surface area contributed by atoms with E-state index in [4.69, 9.17) is 5.10 Å². The van der Waals surface area contributed by atoms with E-state index < -0.39 is 0 Å². The van der Waals surface area contributed by atoms with Gasteiger partial charge in [0.1, 0.15) is 0 Å². The van der Waals surface area contributed by atoms with Gasteiger partial charge < -0.3 is 5.32 Å². The van der Waals surface area contributed by atoms with Gasteiger partial charge in [-0.3, -0.25) is 4.68 Å². The number of hydrogen-bond acceptors (Lipinski definition) is 2. The summed E-state index contributed by atoms with van der Waals surface area (Å²) in [4.78, 5) is 0. The Morgan fingerprint density at radius 1 is 1.29 bits per heavy atom. The predicted octanol–water partition coefficient (Wildman–Crippen LogP) is 2.57. The summed E-state index contributed by atoms with van der Waals surface area (Å²) < 4.78 is 2.31. The SMILES string of the molecule is CCNCC1CCC1n1nc(CC)cc1CC. The topological polar surface area (TPSA) is 29.9 Å². The number of rotatable bonds is 6. The van der Waals surface area contributed by atoms with Crippen molar-refractivity contribution in [2.75, 3.05) is 13.1 Å². The maximum absolute atomic E-state index is 4.77. The van der Waals surface area contributed by atoms with Crippen LogP contribution in [0.1, 0.15) is 51.0 Å². The van der Waals surface area contributed by atoms with Crippen LogP contribution in [0.15, 0.2) is 6.07 Å². The molecule has 3 nitrogen and oxygen atoms in total. The van der Waals surface area contributed by atoms with Crippen molar-refractivity contribution in [2.45, 2.75) is 52.5 Å². The molecule has 0 radical (unpaired) electrons. The molecule has 0 saturated heterocycles. The summed E-state index contributed by atoms with van der Waals surface area (Å²) in [6, 6.07) is 2.92. The Bertz CT molecular complexity index is 356. The molecular weight excluding hydrogens is 210 g/mol. The molecule has 0 aliphatic heterocycles. The number of nitrogens with one attached hydrogen (secondary N) is 1. The minimum Gasteiger partial charge on any atom is -0.317 e. The standard InChI is InChI=1S/C14H25N3/c1-4-12-9-13(5-2)17(16-12)14-8-7-11(14)10-15-6-3/h9,11,14-15H,4-8,10H2,1-3H3. The smallest absolute Gasteiger partial charge is 0.0624 e. The first-order chi connectivity index (χ1) is 8.30. The van der Waals surface area contributed by atoms with Crippen LogP contribution >= 0.6 is 0 Å². The van der Waals surface area contributed by atoms with Gasteiger partial charge in [-0.25, -0.2) is 0 Å². The average molecular weight is 235 g/mol. The molecule has 1 saturated carbocycles. The van der Waals surface area contributed by atoms with Crippen molar-refractivity contribution in [1.82, 2.24) is 15.1 Å². The van der Waals surface area contributed by atoms with E-state index in [1.54, 1.807) is 0 Å². The third kappa shape index (κ3) is 2.54. The van der Waals surface area contributed by atoms with E-state index in [1.807, 2.05) is 0 Å². The van der Waals surface area contributed by atoms with Crippen LogP contribution in [-0.4, -0.2) is 22.9 Å². The first kappa shape index (κ1) is 12.6. The Balaban J connectivity index is 2.08. The summed E-state index contributed by atoms with van der Waals surface area (Å²) in [5.41, 5.74) is 2.66. The van der Waals surface area contributed by atoms with E-state index in [2.05, 4.69) is 36.8 Å². The van der Waals surface area contributed by atoms with Crippen molar-refractivity contribution < 1.29 is 0 Å². The molecule has 2 rings (SSSR count). The minimum absolute atomic E-state index is 0.643. The zero-order valence-electron chi connectivity index (χ0n) is 11.4. The second-order valence-electron chi connectivity index (χ2n) is 4.99. The highest BCUT2D eigenvalue weighted by atomic mass is 15.3. The number of hydrogen-bond donors (Lipinski definition) is 1. The van der Waals surface area contributed by atoms with E-state index in [0.717, 1.165) is 31.8 Å². The fourth-order valence-corrected chi connectivity index (χ4v) is 2.66. The van der Waals surface area contributed by atoms with Crippen molar-refractivity contribution in [3.63, 3.8) is 0 Å². The fraction of sp³-hybridized carbons (Fsp3) is 0.786. The third-order valence-corrected chi connectivity index (χ3v) is 3.94. The first-order valence-corrected chi connectivity index (χ1v) is 7.08. The zero-order valence-corrected chi connectivity index (χ0v) is 11.4. The minimum atomic E-state index is 0.643. The molecule has 2 atom stereocenters. The lowest BCUT2D eigenvalue weighted by molar-refractivity contribution is 0.160. The van der Waals surface area contributed by atoms with Crippen LogP contribution < -0.4 is 5.32 Å². The number of aryl methyl sites for hydroxylation is 2. The summed E-state index contributed by atoms with van der Waals surface area (Å²) in [5.74, 6) is 0.782. The van der Waals surface area contributed by atoms with Gasteiger partial charge in [-0.15, -0.1) is 0 Å². The van der Waals surface area contributed by atoms with E-state index >= 15 is 0 Å². The molecule has 0 amide bonds. The molecule has 1 aromatic rings. The van der Waals surface area contributed by atoms with E-state index in [9.17, 15) is 0 Å². The van der Waals surface area contributed by atoms with E-state index in [1.165, 1.54) is 24.2 Å². The predicted molar refractivity (Wildman–Crippen MR) is 71.3 cm³/mol.